The molecule has 0 radical (unpaired) electrons. The Bertz CT molecular complexity index is 433. The van der Waals surface area contributed by atoms with Crippen LogP contribution in [-0.2, 0) is 4.79 Å². The molecule has 1 aromatic carbocycles. The van der Waals surface area contributed by atoms with Crippen LogP contribution in [0.3, 0.4) is 0 Å². The number of nitrogens with zero attached hydrogens (tertiary/aromatic N) is 1. The van der Waals surface area contributed by atoms with E-state index in [-0.39, 0.29) is 12.0 Å². The molecule has 2 rings (SSSR count). The van der Waals surface area contributed by atoms with Crippen LogP contribution in [0.4, 0.5) is 5.69 Å². The minimum absolute atomic E-state index is 0.0747. The molecule has 1 N–H and O–H groups in total. The molecule has 1 fully saturated rings. The lowest BCUT2D eigenvalue weighted by Crippen LogP contribution is -2.46. The third-order valence-electron chi connectivity index (χ3n) is 3.43. The van der Waals surface area contributed by atoms with Crippen molar-refractivity contribution in [1.82, 2.24) is 0 Å². The molecule has 1 unspecified atom stereocenters. The van der Waals surface area contributed by atoms with Crippen LogP contribution in [0.25, 0.3) is 0 Å². The minimum Gasteiger partial charge on any atom is -0.480 e. The number of carboxylic acids is 1. The van der Waals surface area contributed by atoms with Gasteiger partial charge in [-0.15, -0.1) is 0 Å². The Morgan fingerprint density at radius 1 is 1.42 bits per heavy atom. The van der Waals surface area contributed by atoms with E-state index in [4.69, 9.17) is 5.11 Å². The van der Waals surface area contributed by atoms with Crippen LogP contribution in [0.15, 0.2) is 30.3 Å². The zero-order valence-corrected chi connectivity index (χ0v) is 12.3. The predicted molar refractivity (Wildman–Crippen MR) is 80.9 cm³/mol. The van der Waals surface area contributed by atoms with Gasteiger partial charge in [0.15, 0.2) is 0 Å². The van der Waals surface area contributed by atoms with Gasteiger partial charge in [0.05, 0.1) is 0 Å². The molecule has 0 amide bonds. The molecule has 1 atom stereocenters. The van der Waals surface area contributed by atoms with Gasteiger partial charge in [-0.3, -0.25) is 4.79 Å². The van der Waals surface area contributed by atoms with Crippen LogP contribution in [-0.4, -0.2) is 35.2 Å². The van der Waals surface area contributed by atoms with Gasteiger partial charge in [0.2, 0.25) is 0 Å². The summed E-state index contributed by atoms with van der Waals surface area (Å²) in [5.41, 5.74) is 1.28. The average Bonchev–Trinajstić information content (AvgIpc) is 2.35. The van der Waals surface area contributed by atoms with Gasteiger partial charge in [0.25, 0.3) is 0 Å². The molecule has 0 saturated carbocycles. The molecule has 4 heteroatoms. The molecule has 1 aromatic rings. The molecule has 0 aliphatic carbocycles. The zero-order valence-electron chi connectivity index (χ0n) is 11.5. The van der Waals surface area contributed by atoms with Gasteiger partial charge in [-0.2, -0.15) is 11.8 Å². The Morgan fingerprint density at radius 3 is 2.68 bits per heavy atom. The summed E-state index contributed by atoms with van der Waals surface area (Å²) < 4.78 is 0. The maximum absolute atomic E-state index is 11.1. The maximum atomic E-state index is 11.1. The van der Waals surface area contributed by atoms with E-state index in [1.54, 1.807) is 0 Å². The molecule has 0 aromatic heterocycles. The summed E-state index contributed by atoms with van der Waals surface area (Å²) >= 11 is 1.93. The molecule has 1 saturated heterocycles. The van der Waals surface area contributed by atoms with E-state index in [1.165, 1.54) is 0 Å². The van der Waals surface area contributed by atoms with Gasteiger partial charge in [0, 0.05) is 17.5 Å². The Balaban J connectivity index is 2.20. The number of aliphatic carboxylic acids is 1. The fourth-order valence-electron chi connectivity index (χ4n) is 2.62. The number of carbonyl (C=O) groups is 1. The van der Waals surface area contributed by atoms with Crippen LogP contribution in [0.1, 0.15) is 20.3 Å². The molecule has 0 spiro atoms. The van der Waals surface area contributed by atoms with Crippen LogP contribution in [0.2, 0.25) is 0 Å². The Hall–Kier alpha value is -1.16. The summed E-state index contributed by atoms with van der Waals surface area (Å²) in [6, 6.07) is 10.2. The first-order valence-electron chi connectivity index (χ1n) is 6.59. The SMILES string of the molecule is CC1(C)CSCC(N(CC(=O)O)c2ccccc2)C1. The lowest BCUT2D eigenvalue weighted by atomic mass is 9.87. The van der Waals surface area contributed by atoms with Gasteiger partial charge < -0.3 is 10.0 Å². The first-order valence-corrected chi connectivity index (χ1v) is 7.75. The minimum atomic E-state index is -0.766. The van der Waals surface area contributed by atoms with Crippen molar-refractivity contribution in [3.63, 3.8) is 0 Å². The summed E-state index contributed by atoms with van der Waals surface area (Å²) in [5, 5.41) is 9.16. The van der Waals surface area contributed by atoms with Gasteiger partial charge in [0.1, 0.15) is 6.54 Å². The lowest BCUT2D eigenvalue weighted by molar-refractivity contribution is -0.135. The van der Waals surface area contributed by atoms with E-state index < -0.39 is 5.97 Å². The molecule has 19 heavy (non-hydrogen) atoms. The van der Waals surface area contributed by atoms with Crippen LogP contribution in [0.5, 0.6) is 0 Å². The highest BCUT2D eigenvalue weighted by Gasteiger charge is 2.32. The zero-order chi connectivity index (χ0) is 13.9. The number of anilines is 1. The fourth-order valence-corrected chi connectivity index (χ4v) is 3.98. The molecule has 0 bridgehead atoms. The molecule has 104 valence electrons. The molecular weight excluding hydrogens is 258 g/mol. The molecule has 1 aliphatic rings. The second-order valence-electron chi connectivity index (χ2n) is 5.89. The van der Waals surface area contributed by atoms with E-state index in [0.717, 1.165) is 23.6 Å². The smallest absolute Gasteiger partial charge is 0.323 e. The monoisotopic (exact) mass is 279 g/mol. The lowest BCUT2D eigenvalue weighted by Gasteiger charge is -2.41. The van der Waals surface area contributed by atoms with E-state index in [2.05, 4.69) is 13.8 Å². The van der Waals surface area contributed by atoms with Crippen LogP contribution in [0, 0.1) is 5.41 Å². The average molecular weight is 279 g/mol. The van der Waals surface area contributed by atoms with Gasteiger partial charge >= 0.3 is 5.97 Å². The third kappa shape index (κ3) is 3.90. The van der Waals surface area contributed by atoms with Crippen molar-refractivity contribution >= 4 is 23.4 Å². The van der Waals surface area contributed by atoms with Crippen molar-refractivity contribution in [2.24, 2.45) is 5.41 Å². The topological polar surface area (TPSA) is 40.5 Å². The molecule has 1 aliphatic heterocycles. The Kier molecular flexibility index (Phi) is 4.40. The summed E-state index contributed by atoms with van der Waals surface area (Å²) in [6.07, 6.45) is 1.04. The predicted octanol–water partition coefficient (Wildman–Crippen LogP) is 3.11. The third-order valence-corrected chi connectivity index (χ3v) is 5.03. The summed E-state index contributed by atoms with van der Waals surface area (Å²) in [7, 11) is 0. The van der Waals surface area contributed by atoms with Gasteiger partial charge in [-0.05, 0) is 29.7 Å². The second-order valence-corrected chi connectivity index (χ2v) is 6.92. The summed E-state index contributed by atoms with van der Waals surface area (Å²) in [5.74, 6) is 1.39. The number of rotatable bonds is 4. The van der Waals surface area contributed by atoms with Crippen molar-refractivity contribution in [3.8, 4) is 0 Å². The summed E-state index contributed by atoms with van der Waals surface area (Å²) in [4.78, 5) is 13.2. The van der Waals surface area contributed by atoms with Crippen LogP contribution < -0.4 is 4.90 Å². The van der Waals surface area contributed by atoms with Crippen molar-refractivity contribution in [2.75, 3.05) is 23.0 Å². The fraction of sp³-hybridized carbons (Fsp3) is 0.533. The Morgan fingerprint density at radius 2 is 2.11 bits per heavy atom. The Labute approximate surface area is 119 Å². The van der Waals surface area contributed by atoms with Crippen molar-refractivity contribution in [2.45, 2.75) is 26.3 Å². The normalized spacial score (nSPS) is 21.9. The number of carboxylic acid groups (broad SMARTS) is 1. The highest BCUT2D eigenvalue weighted by molar-refractivity contribution is 7.99. The first kappa shape index (κ1) is 14.3. The van der Waals surface area contributed by atoms with Gasteiger partial charge in [-0.1, -0.05) is 32.0 Å². The van der Waals surface area contributed by atoms with Crippen molar-refractivity contribution in [3.05, 3.63) is 30.3 Å². The number of benzene rings is 1. The number of thioether (sulfide) groups is 1. The highest BCUT2D eigenvalue weighted by Crippen LogP contribution is 2.36. The molecule has 3 nitrogen and oxygen atoms in total. The van der Waals surface area contributed by atoms with Gasteiger partial charge in [-0.25, -0.2) is 0 Å². The number of para-hydroxylation sites is 1. The van der Waals surface area contributed by atoms with E-state index >= 15 is 0 Å². The highest BCUT2D eigenvalue weighted by atomic mass is 32.2. The summed E-state index contributed by atoms with van der Waals surface area (Å²) in [6.45, 7) is 4.59. The number of hydrogen-bond acceptors (Lipinski definition) is 3. The first-order chi connectivity index (χ1) is 8.98. The second kappa shape index (κ2) is 5.87. The largest absolute Gasteiger partial charge is 0.480 e. The standard InChI is InChI=1S/C15H21NO2S/c1-15(2)8-13(10-19-11-15)16(9-14(17)18)12-6-4-3-5-7-12/h3-7,13H,8-11H2,1-2H3,(H,17,18). The molecular formula is C15H21NO2S. The van der Waals surface area contributed by atoms with E-state index in [9.17, 15) is 4.79 Å². The van der Waals surface area contributed by atoms with E-state index in [1.807, 2.05) is 47.0 Å². The van der Waals surface area contributed by atoms with E-state index in [0.29, 0.717) is 6.04 Å². The van der Waals surface area contributed by atoms with Crippen molar-refractivity contribution in [1.29, 1.82) is 0 Å². The quantitative estimate of drug-likeness (QED) is 0.919. The van der Waals surface area contributed by atoms with Crippen LogP contribution >= 0.6 is 11.8 Å². The van der Waals surface area contributed by atoms with Crippen molar-refractivity contribution < 1.29 is 9.90 Å². The number of hydrogen-bond donors (Lipinski definition) is 1. The maximum Gasteiger partial charge on any atom is 0.323 e. The molecule has 1 heterocycles.